The molecule has 0 spiro atoms. The van der Waals surface area contributed by atoms with Gasteiger partial charge in [-0.1, -0.05) is 11.3 Å². The number of nitrogens with one attached hydrogen (secondary N) is 1. The minimum Gasteiger partial charge on any atom is -0.343 e. The number of rotatable bonds is 2. The molecule has 2 aromatic heterocycles. The summed E-state index contributed by atoms with van der Waals surface area (Å²) in [7, 11) is 0. The molecule has 1 aliphatic rings. The summed E-state index contributed by atoms with van der Waals surface area (Å²) in [6.07, 6.45) is 3.31. The van der Waals surface area contributed by atoms with E-state index in [0.717, 1.165) is 31.5 Å². The van der Waals surface area contributed by atoms with E-state index in [0.29, 0.717) is 0 Å². The summed E-state index contributed by atoms with van der Waals surface area (Å²) in [5, 5.41) is 1.90. The molecule has 96 valence electrons. The molecule has 5 heteroatoms. The van der Waals surface area contributed by atoms with Gasteiger partial charge in [0.1, 0.15) is 0 Å². The molecule has 18 heavy (non-hydrogen) atoms. The van der Waals surface area contributed by atoms with Crippen molar-refractivity contribution in [2.24, 2.45) is 5.73 Å². The van der Waals surface area contributed by atoms with E-state index in [-0.39, 0.29) is 10.9 Å². The van der Waals surface area contributed by atoms with E-state index in [9.17, 15) is 4.79 Å². The highest BCUT2D eigenvalue weighted by atomic mass is 32.1. The van der Waals surface area contributed by atoms with Crippen LogP contribution in [-0.4, -0.2) is 9.55 Å². The van der Waals surface area contributed by atoms with Crippen molar-refractivity contribution in [3.05, 3.63) is 43.8 Å². The zero-order valence-electron chi connectivity index (χ0n) is 10.4. The molecule has 0 fully saturated rings. The summed E-state index contributed by atoms with van der Waals surface area (Å²) in [5.41, 5.74) is 11.0. The van der Waals surface area contributed by atoms with Crippen LogP contribution in [0.25, 0.3) is 0 Å². The van der Waals surface area contributed by atoms with Crippen LogP contribution >= 0.6 is 11.3 Å². The Hall–Kier alpha value is -1.33. The van der Waals surface area contributed by atoms with E-state index in [2.05, 4.69) is 22.5 Å². The minimum atomic E-state index is 0.0142. The van der Waals surface area contributed by atoms with Crippen molar-refractivity contribution < 1.29 is 0 Å². The zero-order chi connectivity index (χ0) is 12.7. The van der Waals surface area contributed by atoms with Crippen molar-refractivity contribution in [2.75, 3.05) is 0 Å². The zero-order valence-corrected chi connectivity index (χ0v) is 11.2. The Kier molecular flexibility index (Phi) is 2.87. The van der Waals surface area contributed by atoms with Crippen LogP contribution in [0.15, 0.2) is 16.2 Å². The highest BCUT2D eigenvalue weighted by Crippen LogP contribution is 2.31. The van der Waals surface area contributed by atoms with Crippen LogP contribution in [0.3, 0.4) is 0 Å². The number of hydrogen-bond donors (Lipinski definition) is 2. The second-order valence-electron chi connectivity index (χ2n) is 4.95. The van der Waals surface area contributed by atoms with Gasteiger partial charge in [0.2, 0.25) is 0 Å². The first-order valence-corrected chi connectivity index (χ1v) is 7.14. The molecule has 3 rings (SSSR count). The van der Waals surface area contributed by atoms with Crippen molar-refractivity contribution in [1.29, 1.82) is 0 Å². The van der Waals surface area contributed by atoms with Crippen LogP contribution in [0.4, 0.5) is 0 Å². The second-order valence-corrected chi connectivity index (χ2v) is 5.79. The van der Waals surface area contributed by atoms with E-state index in [1.54, 1.807) is 0 Å². The molecular formula is C13H17N3OS. The average Bonchev–Trinajstić information content (AvgIpc) is 2.87. The number of aromatic nitrogens is 2. The molecule has 2 aromatic rings. The molecule has 1 atom stereocenters. The SMILES string of the molecule is Cc1cc2c(n1Cc1csc(=O)[nH]1)CCCC2N. The van der Waals surface area contributed by atoms with Crippen molar-refractivity contribution in [2.45, 2.75) is 38.8 Å². The smallest absolute Gasteiger partial charge is 0.304 e. The van der Waals surface area contributed by atoms with Gasteiger partial charge in [-0.15, -0.1) is 0 Å². The molecule has 0 saturated carbocycles. The topological polar surface area (TPSA) is 63.8 Å². The second kappa shape index (κ2) is 4.40. The monoisotopic (exact) mass is 263 g/mol. The molecule has 2 heterocycles. The first kappa shape index (κ1) is 11.7. The van der Waals surface area contributed by atoms with Crippen LogP contribution in [-0.2, 0) is 13.0 Å². The maximum Gasteiger partial charge on any atom is 0.304 e. The van der Waals surface area contributed by atoms with Crippen LogP contribution in [0.2, 0.25) is 0 Å². The fourth-order valence-corrected chi connectivity index (χ4v) is 3.35. The van der Waals surface area contributed by atoms with Gasteiger partial charge in [-0.05, 0) is 37.8 Å². The number of H-pyrrole nitrogens is 1. The number of nitrogens with two attached hydrogens (primary N) is 1. The van der Waals surface area contributed by atoms with Crippen molar-refractivity contribution in [3.8, 4) is 0 Å². The summed E-state index contributed by atoms with van der Waals surface area (Å²) in [6, 6.07) is 2.37. The van der Waals surface area contributed by atoms with Gasteiger partial charge in [0, 0.05) is 28.5 Å². The molecule has 0 saturated heterocycles. The average molecular weight is 263 g/mol. The number of fused-ring (bicyclic) bond motifs is 1. The van der Waals surface area contributed by atoms with E-state index < -0.39 is 0 Å². The fraction of sp³-hybridized carbons (Fsp3) is 0.462. The van der Waals surface area contributed by atoms with E-state index in [1.165, 1.54) is 28.3 Å². The van der Waals surface area contributed by atoms with Gasteiger partial charge in [0.25, 0.3) is 0 Å². The molecule has 3 N–H and O–H groups in total. The van der Waals surface area contributed by atoms with Crippen LogP contribution < -0.4 is 10.6 Å². The van der Waals surface area contributed by atoms with Crippen LogP contribution in [0, 0.1) is 6.92 Å². The van der Waals surface area contributed by atoms with Gasteiger partial charge < -0.3 is 15.3 Å². The Morgan fingerprint density at radius 2 is 2.44 bits per heavy atom. The minimum absolute atomic E-state index is 0.0142. The number of nitrogens with zero attached hydrogens (tertiary/aromatic N) is 1. The quantitative estimate of drug-likeness (QED) is 0.869. The van der Waals surface area contributed by atoms with Gasteiger partial charge >= 0.3 is 4.87 Å². The molecule has 1 unspecified atom stereocenters. The van der Waals surface area contributed by atoms with Gasteiger partial charge in [-0.2, -0.15) is 0 Å². The third kappa shape index (κ3) is 1.93. The third-order valence-corrected chi connectivity index (χ3v) is 4.40. The highest BCUT2D eigenvalue weighted by molar-refractivity contribution is 7.07. The van der Waals surface area contributed by atoms with Gasteiger partial charge in [0.15, 0.2) is 0 Å². The number of aryl methyl sites for hydroxylation is 1. The summed E-state index contributed by atoms with van der Waals surface area (Å²) in [5.74, 6) is 0. The molecule has 0 amide bonds. The fourth-order valence-electron chi connectivity index (χ4n) is 2.78. The summed E-state index contributed by atoms with van der Waals surface area (Å²) in [6.45, 7) is 2.85. The van der Waals surface area contributed by atoms with Crippen molar-refractivity contribution >= 4 is 11.3 Å². The molecule has 0 aromatic carbocycles. The predicted molar refractivity (Wildman–Crippen MR) is 73.1 cm³/mol. The molecule has 0 bridgehead atoms. The lowest BCUT2D eigenvalue weighted by Crippen LogP contribution is -2.18. The van der Waals surface area contributed by atoms with Crippen LogP contribution in [0.1, 0.15) is 41.5 Å². The first-order chi connectivity index (χ1) is 8.65. The normalized spacial score (nSPS) is 18.9. The largest absolute Gasteiger partial charge is 0.343 e. The Morgan fingerprint density at radius 1 is 1.61 bits per heavy atom. The lowest BCUT2D eigenvalue weighted by atomic mass is 9.93. The predicted octanol–water partition coefficient (Wildman–Crippen LogP) is 1.93. The summed E-state index contributed by atoms with van der Waals surface area (Å²) < 4.78 is 2.28. The van der Waals surface area contributed by atoms with Crippen molar-refractivity contribution in [3.63, 3.8) is 0 Å². The molecular weight excluding hydrogens is 246 g/mol. The van der Waals surface area contributed by atoms with Gasteiger partial charge in [-0.3, -0.25) is 4.79 Å². The van der Waals surface area contributed by atoms with E-state index >= 15 is 0 Å². The van der Waals surface area contributed by atoms with Gasteiger partial charge in [0.05, 0.1) is 6.54 Å². The molecule has 4 nitrogen and oxygen atoms in total. The highest BCUT2D eigenvalue weighted by Gasteiger charge is 2.22. The Balaban J connectivity index is 1.99. The maximum absolute atomic E-state index is 11.2. The van der Waals surface area contributed by atoms with E-state index in [4.69, 9.17) is 5.73 Å². The standard InChI is InChI=1S/C13H17N3OS/c1-8-5-10-11(14)3-2-4-12(10)16(8)6-9-7-18-13(17)15-9/h5,7,11H,2-4,6,14H2,1H3,(H,15,17). The third-order valence-electron chi connectivity index (χ3n) is 3.68. The summed E-state index contributed by atoms with van der Waals surface area (Å²) in [4.78, 5) is 14.1. The summed E-state index contributed by atoms with van der Waals surface area (Å²) >= 11 is 1.22. The Morgan fingerprint density at radius 3 is 3.17 bits per heavy atom. The lowest BCUT2D eigenvalue weighted by Gasteiger charge is -2.21. The van der Waals surface area contributed by atoms with Crippen LogP contribution in [0.5, 0.6) is 0 Å². The lowest BCUT2D eigenvalue weighted by molar-refractivity contribution is 0.545. The van der Waals surface area contributed by atoms with Crippen molar-refractivity contribution in [1.82, 2.24) is 9.55 Å². The molecule has 1 aliphatic carbocycles. The molecule has 0 radical (unpaired) electrons. The van der Waals surface area contributed by atoms with E-state index in [1.807, 2.05) is 5.38 Å². The maximum atomic E-state index is 11.2. The number of hydrogen-bond acceptors (Lipinski definition) is 3. The van der Waals surface area contributed by atoms with Gasteiger partial charge in [-0.25, -0.2) is 0 Å². The Labute approximate surface area is 109 Å². The number of aromatic amines is 1. The number of thiazole rings is 1. The molecule has 0 aliphatic heterocycles. The Bertz CT molecular complexity index is 622. The first-order valence-electron chi connectivity index (χ1n) is 6.26.